The summed E-state index contributed by atoms with van der Waals surface area (Å²) >= 11 is 1.30. The second-order valence-electron chi connectivity index (χ2n) is 5.15. The largest absolute Gasteiger partial charge is 0.468 e. The number of carbonyl (C=O) groups is 2. The van der Waals surface area contributed by atoms with E-state index in [9.17, 15) is 9.59 Å². The second kappa shape index (κ2) is 8.02. The number of amides is 1. The van der Waals surface area contributed by atoms with Crippen LogP contribution in [0.3, 0.4) is 0 Å². The van der Waals surface area contributed by atoms with Crippen LogP contribution in [0.15, 0.2) is 5.16 Å². The molecule has 0 fully saturated rings. The molecule has 0 bridgehead atoms. The van der Waals surface area contributed by atoms with Gasteiger partial charge in [-0.2, -0.15) is 0 Å². The summed E-state index contributed by atoms with van der Waals surface area (Å²) in [5.41, 5.74) is 5.17. The van der Waals surface area contributed by atoms with Crippen molar-refractivity contribution in [3.8, 4) is 0 Å². The quantitative estimate of drug-likeness (QED) is 0.567. The van der Waals surface area contributed by atoms with E-state index >= 15 is 0 Å². The molecule has 1 rings (SSSR count). The average Bonchev–Trinajstić information content (AvgIpc) is 2.77. The summed E-state index contributed by atoms with van der Waals surface area (Å²) < 4.78 is 6.65. The topological polar surface area (TPSA) is 100 Å². The number of aromatic nitrogens is 3. The molecule has 8 heteroatoms. The first-order chi connectivity index (χ1) is 9.85. The van der Waals surface area contributed by atoms with Crippen LogP contribution in [0.25, 0.3) is 0 Å². The van der Waals surface area contributed by atoms with Crippen molar-refractivity contribution in [1.29, 1.82) is 0 Å². The number of hydrogen-bond acceptors (Lipinski definition) is 6. The Hall–Kier alpha value is -1.57. The first-order valence-corrected chi connectivity index (χ1v) is 7.68. The zero-order chi connectivity index (χ0) is 16.0. The van der Waals surface area contributed by atoms with E-state index < -0.39 is 0 Å². The number of rotatable bonds is 8. The summed E-state index contributed by atoms with van der Waals surface area (Å²) in [6, 6.07) is 0. The minimum absolute atomic E-state index is 0.230. The molecule has 0 aliphatic carbocycles. The van der Waals surface area contributed by atoms with Gasteiger partial charge in [0, 0.05) is 19.4 Å². The van der Waals surface area contributed by atoms with Gasteiger partial charge in [-0.25, -0.2) is 0 Å². The molecular weight excluding hydrogens is 292 g/mol. The number of esters is 1. The van der Waals surface area contributed by atoms with E-state index in [1.165, 1.54) is 18.9 Å². The Morgan fingerprint density at radius 1 is 1.33 bits per heavy atom. The van der Waals surface area contributed by atoms with Crippen molar-refractivity contribution in [2.75, 3.05) is 7.11 Å². The monoisotopic (exact) mass is 314 g/mol. The van der Waals surface area contributed by atoms with Crippen LogP contribution in [-0.4, -0.2) is 39.0 Å². The van der Waals surface area contributed by atoms with E-state index in [4.69, 9.17) is 10.5 Å². The molecule has 0 aliphatic heterocycles. The summed E-state index contributed by atoms with van der Waals surface area (Å²) in [6.07, 6.45) is 0.676. The van der Waals surface area contributed by atoms with E-state index in [-0.39, 0.29) is 23.5 Å². The Balaban J connectivity index is 2.91. The number of ether oxygens (including phenoxy) is 1. The van der Waals surface area contributed by atoms with Crippen LogP contribution in [0.5, 0.6) is 0 Å². The van der Waals surface area contributed by atoms with Gasteiger partial charge in [0.2, 0.25) is 5.91 Å². The summed E-state index contributed by atoms with van der Waals surface area (Å²) in [6.45, 7) is 6.64. The van der Waals surface area contributed by atoms with Crippen molar-refractivity contribution >= 4 is 23.6 Å². The Bertz CT molecular complexity index is 502. The molecular formula is C13H22N4O3S. The van der Waals surface area contributed by atoms with Gasteiger partial charge in [-0.05, 0) is 12.8 Å². The lowest BCUT2D eigenvalue weighted by Crippen LogP contribution is -2.18. The van der Waals surface area contributed by atoms with Gasteiger partial charge in [-0.1, -0.05) is 25.6 Å². The van der Waals surface area contributed by atoms with Gasteiger partial charge in [0.15, 0.2) is 5.16 Å². The fourth-order valence-corrected chi connectivity index (χ4v) is 2.65. The number of hydrogen-bond donors (Lipinski definition) is 1. The fourth-order valence-electron chi connectivity index (χ4n) is 1.75. The zero-order valence-electron chi connectivity index (χ0n) is 12.8. The van der Waals surface area contributed by atoms with Gasteiger partial charge in [-0.3, -0.25) is 9.59 Å². The number of nitrogens with two attached hydrogens (primary N) is 1. The van der Waals surface area contributed by atoms with Gasteiger partial charge in [0.05, 0.1) is 7.11 Å². The molecule has 0 radical (unpaired) electrons. The molecule has 21 heavy (non-hydrogen) atoms. The van der Waals surface area contributed by atoms with Gasteiger partial charge < -0.3 is 15.0 Å². The van der Waals surface area contributed by atoms with Crippen LogP contribution in [0.2, 0.25) is 0 Å². The molecule has 7 nitrogen and oxygen atoms in total. The minimum atomic E-state index is -0.369. The lowest BCUT2D eigenvalue weighted by Gasteiger charge is -2.13. The standard InChI is InChI=1S/C13H22N4O3S/c1-8(2)7-17-11(6-5-10(14)18)15-16-13(17)21-9(3)12(19)20-4/h8-9H,5-7H2,1-4H3,(H2,14,18). The molecule has 1 heterocycles. The highest BCUT2D eigenvalue weighted by atomic mass is 32.2. The highest BCUT2D eigenvalue weighted by Gasteiger charge is 2.21. The third kappa shape index (κ3) is 5.37. The van der Waals surface area contributed by atoms with Crippen LogP contribution in [-0.2, 0) is 27.3 Å². The normalized spacial score (nSPS) is 12.4. The molecule has 1 unspecified atom stereocenters. The van der Waals surface area contributed by atoms with Crippen LogP contribution in [0.1, 0.15) is 33.0 Å². The zero-order valence-corrected chi connectivity index (χ0v) is 13.6. The van der Waals surface area contributed by atoms with Crippen molar-refractivity contribution < 1.29 is 14.3 Å². The molecule has 1 aromatic rings. The van der Waals surface area contributed by atoms with E-state index in [0.29, 0.717) is 23.3 Å². The summed E-state index contributed by atoms with van der Waals surface area (Å²) in [7, 11) is 1.36. The van der Waals surface area contributed by atoms with Crippen LogP contribution < -0.4 is 5.73 Å². The number of primary amides is 1. The van der Waals surface area contributed by atoms with E-state index in [0.717, 1.165) is 6.54 Å². The smallest absolute Gasteiger partial charge is 0.318 e. The van der Waals surface area contributed by atoms with Crippen LogP contribution in [0.4, 0.5) is 0 Å². The summed E-state index contributed by atoms with van der Waals surface area (Å²) in [4.78, 5) is 22.4. The molecule has 1 aromatic heterocycles. The predicted octanol–water partition coefficient (Wildman–Crippen LogP) is 1.01. The highest BCUT2D eigenvalue weighted by Crippen LogP contribution is 2.24. The molecule has 118 valence electrons. The minimum Gasteiger partial charge on any atom is -0.468 e. The van der Waals surface area contributed by atoms with E-state index in [1.54, 1.807) is 6.92 Å². The van der Waals surface area contributed by atoms with E-state index in [1.807, 2.05) is 4.57 Å². The Morgan fingerprint density at radius 3 is 2.52 bits per heavy atom. The van der Waals surface area contributed by atoms with E-state index in [2.05, 4.69) is 24.0 Å². The maximum Gasteiger partial charge on any atom is 0.318 e. The number of aryl methyl sites for hydroxylation is 1. The van der Waals surface area contributed by atoms with Gasteiger partial charge in [0.1, 0.15) is 11.1 Å². The van der Waals surface area contributed by atoms with Crippen LogP contribution in [0, 0.1) is 5.92 Å². The fraction of sp³-hybridized carbons (Fsp3) is 0.692. The van der Waals surface area contributed by atoms with Gasteiger partial charge in [0.25, 0.3) is 0 Å². The molecule has 2 N–H and O–H groups in total. The number of nitrogens with zero attached hydrogens (tertiary/aromatic N) is 3. The maximum atomic E-state index is 11.5. The second-order valence-corrected chi connectivity index (χ2v) is 6.46. The SMILES string of the molecule is COC(=O)C(C)Sc1nnc(CCC(N)=O)n1CC(C)C. The van der Waals surface area contributed by atoms with Crippen molar-refractivity contribution in [3.05, 3.63) is 5.82 Å². The molecule has 0 aromatic carbocycles. The first-order valence-electron chi connectivity index (χ1n) is 6.80. The molecule has 0 spiro atoms. The van der Waals surface area contributed by atoms with Crippen molar-refractivity contribution in [3.63, 3.8) is 0 Å². The number of methoxy groups -OCH3 is 1. The first kappa shape index (κ1) is 17.5. The van der Waals surface area contributed by atoms with Gasteiger partial charge >= 0.3 is 5.97 Å². The lowest BCUT2D eigenvalue weighted by atomic mass is 10.2. The third-order valence-electron chi connectivity index (χ3n) is 2.75. The molecule has 1 atom stereocenters. The molecule has 1 amide bonds. The van der Waals surface area contributed by atoms with Crippen molar-refractivity contribution in [2.24, 2.45) is 11.7 Å². The lowest BCUT2D eigenvalue weighted by molar-refractivity contribution is -0.139. The van der Waals surface area contributed by atoms with Crippen LogP contribution >= 0.6 is 11.8 Å². The average molecular weight is 314 g/mol. The number of carbonyl (C=O) groups excluding carboxylic acids is 2. The number of thioether (sulfide) groups is 1. The van der Waals surface area contributed by atoms with Crippen molar-refractivity contribution in [1.82, 2.24) is 14.8 Å². The molecule has 0 saturated heterocycles. The molecule has 0 aliphatic rings. The summed E-state index contributed by atoms with van der Waals surface area (Å²) in [5.74, 6) is 0.423. The Morgan fingerprint density at radius 2 is 2.00 bits per heavy atom. The Labute approximate surface area is 128 Å². The van der Waals surface area contributed by atoms with Crippen molar-refractivity contribution in [2.45, 2.75) is 50.6 Å². The Kier molecular flexibility index (Phi) is 6.67. The molecule has 0 saturated carbocycles. The third-order valence-corrected chi connectivity index (χ3v) is 3.81. The maximum absolute atomic E-state index is 11.5. The predicted molar refractivity (Wildman–Crippen MR) is 79.7 cm³/mol. The highest BCUT2D eigenvalue weighted by molar-refractivity contribution is 8.00. The van der Waals surface area contributed by atoms with Gasteiger partial charge in [-0.15, -0.1) is 10.2 Å². The summed E-state index contributed by atoms with van der Waals surface area (Å²) in [5, 5.41) is 8.52.